The summed E-state index contributed by atoms with van der Waals surface area (Å²) in [5.41, 5.74) is 2.31. The molecule has 176 valence electrons. The Morgan fingerprint density at radius 3 is 2.64 bits per heavy atom. The first kappa shape index (κ1) is 23.4. The van der Waals surface area contributed by atoms with Crippen LogP contribution in [0.15, 0.2) is 24.3 Å². The van der Waals surface area contributed by atoms with Crippen LogP contribution in [0.3, 0.4) is 0 Å². The lowest BCUT2D eigenvalue weighted by molar-refractivity contribution is -0.130. The maximum absolute atomic E-state index is 13.5. The molecule has 0 unspecified atom stereocenters. The maximum atomic E-state index is 13.5. The highest BCUT2D eigenvalue weighted by Crippen LogP contribution is 2.30. The van der Waals surface area contributed by atoms with Crippen LogP contribution in [-0.4, -0.2) is 62.6 Å². The molecule has 2 aromatic heterocycles. The van der Waals surface area contributed by atoms with Crippen LogP contribution in [0.5, 0.6) is 0 Å². The van der Waals surface area contributed by atoms with E-state index in [9.17, 15) is 9.18 Å². The van der Waals surface area contributed by atoms with Crippen molar-refractivity contribution in [3.05, 3.63) is 41.6 Å². The van der Waals surface area contributed by atoms with E-state index in [-0.39, 0.29) is 11.7 Å². The van der Waals surface area contributed by atoms with Gasteiger partial charge in [0.1, 0.15) is 17.5 Å². The van der Waals surface area contributed by atoms with E-state index in [4.69, 9.17) is 26.7 Å². The van der Waals surface area contributed by atoms with Crippen LogP contribution in [0.25, 0.3) is 16.7 Å². The Morgan fingerprint density at radius 2 is 1.91 bits per heavy atom. The topological polar surface area (TPSA) is 67.2 Å². The summed E-state index contributed by atoms with van der Waals surface area (Å²) in [6.45, 7) is 6.94. The van der Waals surface area contributed by atoms with Crippen molar-refractivity contribution in [3.63, 3.8) is 0 Å². The molecule has 0 radical (unpaired) electrons. The average Bonchev–Trinajstić information content (AvgIpc) is 2.98. The number of nitrogens with zero attached hydrogens (tertiary/aromatic N) is 6. The molecule has 0 bridgehead atoms. The minimum Gasteiger partial charge on any atom is -0.354 e. The zero-order chi connectivity index (χ0) is 23.4. The Kier molecular flexibility index (Phi) is 7.42. The van der Waals surface area contributed by atoms with Crippen molar-refractivity contribution >= 4 is 34.4 Å². The van der Waals surface area contributed by atoms with Gasteiger partial charge in [0.15, 0.2) is 5.65 Å². The Labute approximate surface area is 198 Å². The molecule has 1 amide bonds. The molecule has 33 heavy (non-hydrogen) atoms. The van der Waals surface area contributed by atoms with Gasteiger partial charge in [0.05, 0.1) is 16.8 Å². The van der Waals surface area contributed by atoms with Gasteiger partial charge in [-0.2, -0.15) is 5.10 Å². The maximum Gasteiger partial charge on any atom is 0.223 e. The summed E-state index contributed by atoms with van der Waals surface area (Å²) in [6, 6.07) is 6.28. The molecule has 1 aliphatic heterocycles. The summed E-state index contributed by atoms with van der Waals surface area (Å²) in [7, 11) is 0. The highest BCUT2D eigenvalue weighted by molar-refractivity contribution is 6.18. The standard InChI is InChI=1S/C24H30ClFN6O/c1-3-4-6-20-27-23(31-14-5-13-30(15-16-31)21(33)11-12-25)22-17(2)29-32(24(22)28-20)19-9-7-18(26)8-10-19/h7-10H,3-6,11-16H2,1-2H3. The zero-order valence-corrected chi connectivity index (χ0v) is 20.0. The van der Waals surface area contributed by atoms with Crippen molar-refractivity contribution in [2.24, 2.45) is 0 Å². The lowest BCUT2D eigenvalue weighted by Gasteiger charge is -2.24. The lowest BCUT2D eigenvalue weighted by Crippen LogP contribution is -2.35. The minimum atomic E-state index is -0.288. The summed E-state index contributed by atoms with van der Waals surface area (Å²) in [5, 5.41) is 5.65. The van der Waals surface area contributed by atoms with E-state index < -0.39 is 0 Å². The van der Waals surface area contributed by atoms with Gasteiger partial charge in [0, 0.05) is 44.9 Å². The Balaban J connectivity index is 1.75. The SMILES string of the molecule is CCCCc1nc(N2CCCN(C(=O)CCCl)CC2)c2c(C)nn(-c3ccc(F)cc3)c2n1. The number of hydrogen-bond acceptors (Lipinski definition) is 5. The number of benzene rings is 1. The van der Waals surface area contributed by atoms with Crippen LogP contribution in [-0.2, 0) is 11.2 Å². The summed E-state index contributed by atoms with van der Waals surface area (Å²) < 4.78 is 15.3. The first-order chi connectivity index (χ1) is 16.0. The third-order valence-corrected chi connectivity index (χ3v) is 6.20. The van der Waals surface area contributed by atoms with Gasteiger partial charge in [0.25, 0.3) is 0 Å². The summed E-state index contributed by atoms with van der Waals surface area (Å²) in [6.07, 6.45) is 4.05. The first-order valence-corrected chi connectivity index (χ1v) is 12.2. The largest absolute Gasteiger partial charge is 0.354 e. The van der Waals surface area contributed by atoms with Crippen molar-refractivity contribution in [3.8, 4) is 5.69 Å². The third-order valence-electron chi connectivity index (χ3n) is 6.01. The minimum absolute atomic E-state index is 0.101. The number of carbonyl (C=O) groups excluding carboxylic acids is 1. The summed E-state index contributed by atoms with van der Waals surface area (Å²) in [5.74, 6) is 1.80. The molecule has 1 saturated heterocycles. The van der Waals surface area contributed by atoms with E-state index in [0.717, 1.165) is 72.8 Å². The molecular formula is C24H30ClFN6O. The van der Waals surface area contributed by atoms with Gasteiger partial charge in [-0.05, 0) is 44.0 Å². The highest BCUT2D eigenvalue weighted by Gasteiger charge is 2.24. The van der Waals surface area contributed by atoms with Crippen LogP contribution < -0.4 is 4.90 Å². The van der Waals surface area contributed by atoms with Crippen molar-refractivity contribution < 1.29 is 9.18 Å². The van der Waals surface area contributed by atoms with E-state index >= 15 is 0 Å². The third kappa shape index (κ3) is 5.11. The zero-order valence-electron chi connectivity index (χ0n) is 19.2. The molecule has 7 nitrogen and oxygen atoms in total. The number of aryl methyl sites for hydroxylation is 2. The number of fused-ring (bicyclic) bond motifs is 1. The Bertz CT molecular complexity index is 1120. The fourth-order valence-corrected chi connectivity index (χ4v) is 4.42. The molecule has 0 spiro atoms. The van der Waals surface area contributed by atoms with Crippen LogP contribution >= 0.6 is 11.6 Å². The summed E-state index contributed by atoms with van der Waals surface area (Å²) in [4.78, 5) is 26.4. The highest BCUT2D eigenvalue weighted by atomic mass is 35.5. The van der Waals surface area contributed by atoms with Gasteiger partial charge in [-0.25, -0.2) is 19.0 Å². The lowest BCUT2D eigenvalue weighted by atomic mass is 10.2. The molecule has 0 aliphatic carbocycles. The van der Waals surface area contributed by atoms with Crippen LogP contribution in [0.2, 0.25) is 0 Å². The van der Waals surface area contributed by atoms with E-state index in [1.54, 1.807) is 16.8 Å². The van der Waals surface area contributed by atoms with Crippen LogP contribution in [0, 0.1) is 12.7 Å². The van der Waals surface area contributed by atoms with Crippen molar-refractivity contribution in [2.45, 2.75) is 46.0 Å². The van der Waals surface area contributed by atoms with Crippen molar-refractivity contribution in [2.75, 3.05) is 37.0 Å². The first-order valence-electron chi connectivity index (χ1n) is 11.6. The van der Waals surface area contributed by atoms with E-state index in [1.165, 1.54) is 12.1 Å². The smallest absolute Gasteiger partial charge is 0.223 e. The number of aromatic nitrogens is 4. The van der Waals surface area contributed by atoms with Gasteiger partial charge in [-0.1, -0.05) is 13.3 Å². The molecule has 3 aromatic rings. The fraction of sp³-hybridized carbons (Fsp3) is 0.500. The summed E-state index contributed by atoms with van der Waals surface area (Å²) >= 11 is 5.78. The molecule has 3 heterocycles. The molecule has 1 aromatic carbocycles. The van der Waals surface area contributed by atoms with Crippen molar-refractivity contribution in [1.29, 1.82) is 0 Å². The number of carbonyl (C=O) groups is 1. The number of amides is 1. The Morgan fingerprint density at radius 1 is 1.12 bits per heavy atom. The molecule has 0 saturated carbocycles. The second-order valence-corrected chi connectivity index (χ2v) is 8.78. The molecule has 4 rings (SSSR count). The Hall–Kier alpha value is -2.74. The average molecular weight is 473 g/mol. The number of halogens is 2. The monoisotopic (exact) mass is 472 g/mol. The van der Waals surface area contributed by atoms with Gasteiger partial charge >= 0.3 is 0 Å². The van der Waals surface area contributed by atoms with Gasteiger partial charge in [0.2, 0.25) is 5.91 Å². The van der Waals surface area contributed by atoms with Crippen molar-refractivity contribution in [1.82, 2.24) is 24.6 Å². The quantitative estimate of drug-likeness (QED) is 0.480. The predicted octanol–water partition coefficient (Wildman–Crippen LogP) is 4.27. The number of unbranched alkanes of at least 4 members (excludes halogenated alkanes) is 1. The van der Waals surface area contributed by atoms with E-state index in [0.29, 0.717) is 25.4 Å². The second kappa shape index (κ2) is 10.5. The number of anilines is 1. The molecule has 1 fully saturated rings. The second-order valence-electron chi connectivity index (χ2n) is 8.40. The van der Waals surface area contributed by atoms with E-state index in [2.05, 4.69) is 11.8 Å². The molecule has 1 aliphatic rings. The molecular weight excluding hydrogens is 443 g/mol. The van der Waals surface area contributed by atoms with Gasteiger partial charge < -0.3 is 9.80 Å². The fourth-order valence-electron chi connectivity index (χ4n) is 4.26. The molecule has 0 atom stereocenters. The normalized spacial score (nSPS) is 14.7. The molecule has 9 heteroatoms. The van der Waals surface area contributed by atoms with Gasteiger partial charge in [-0.3, -0.25) is 4.79 Å². The van der Waals surface area contributed by atoms with E-state index in [1.807, 2.05) is 11.8 Å². The number of hydrogen-bond donors (Lipinski definition) is 0. The van der Waals surface area contributed by atoms with Gasteiger partial charge in [-0.15, -0.1) is 11.6 Å². The predicted molar refractivity (Wildman–Crippen MR) is 129 cm³/mol. The number of alkyl halides is 1. The molecule has 0 N–H and O–H groups in total. The van der Waals surface area contributed by atoms with Crippen LogP contribution in [0.4, 0.5) is 10.2 Å². The van der Waals surface area contributed by atoms with Crippen LogP contribution in [0.1, 0.15) is 44.1 Å². The number of rotatable bonds is 7.